The molecule has 0 spiro atoms. The maximum atomic E-state index is 9.44. The van der Waals surface area contributed by atoms with E-state index < -0.39 is 0 Å². The van der Waals surface area contributed by atoms with Crippen LogP contribution in [0.2, 0.25) is 0 Å². The average molecular weight is 201 g/mol. The van der Waals surface area contributed by atoms with Gasteiger partial charge in [-0.3, -0.25) is 0 Å². The molecule has 2 unspecified atom stereocenters. The Labute approximate surface area is 80.0 Å². The minimum absolute atomic E-state index is 0.111. The first-order valence-corrected chi connectivity index (χ1v) is 5.98. The van der Waals surface area contributed by atoms with Crippen molar-refractivity contribution < 1.29 is 5.11 Å². The molecule has 0 aromatic carbocycles. The van der Waals surface area contributed by atoms with Gasteiger partial charge in [0.05, 0.1) is 11.4 Å². The van der Waals surface area contributed by atoms with Crippen LogP contribution in [-0.2, 0) is 0 Å². The smallest absolute Gasteiger partial charge is 0.106 e. The lowest BCUT2D eigenvalue weighted by Gasteiger charge is -2.23. The molecule has 0 radical (unpaired) electrons. The molecule has 4 heteroatoms. The molecule has 1 aromatic heterocycles. The van der Waals surface area contributed by atoms with Crippen molar-refractivity contribution in [2.45, 2.75) is 24.2 Å². The monoisotopic (exact) mass is 201 g/mol. The molecule has 2 nitrogen and oxygen atoms in total. The van der Waals surface area contributed by atoms with Crippen LogP contribution < -0.4 is 0 Å². The zero-order valence-electron chi connectivity index (χ0n) is 6.64. The van der Waals surface area contributed by atoms with E-state index in [9.17, 15) is 5.11 Å². The van der Waals surface area contributed by atoms with Gasteiger partial charge in [-0.15, -0.1) is 11.3 Å². The molecule has 2 rings (SSSR count). The van der Waals surface area contributed by atoms with Gasteiger partial charge in [0.25, 0.3) is 0 Å². The Balaban J connectivity index is 2.04. The van der Waals surface area contributed by atoms with E-state index in [1.165, 1.54) is 5.01 Å². The highest BCUT2D eigenvalue weighted by molar-refractivity contribution is 7.99. The van der Waals surface area contributed by atoms with Crippen molar-refractivity contribution in [1.82, 2.24) is 4.98 Å². The number of nitrogens with zero attached hydrogens (tertiary/aromatic N) is 1. The van der Waals surface area contributed by atoms with Crippen molar-refractivity contribution in [3.8, 4) is 0 Å². The summed E-state index contributed by atoms with van der Waals surface area (Å²) in [4.78, 5) is 4.26. The number of hydrogen-bond donors (Lipinski definition) is 1. The number of aromatic nitrogens is 1. The summed E-state index contributed by atoms with van der Waals surface area (Å²) >= 11 is 3.60. The molecule has 1 fully saturated rings. The maximum Gasteiger partial charge on any atom is 0.106 e. The predicted molar refractivity (Wildman–Crippen MR) is 52.6 cm³/mol. The second-order valence-corrected chi connectivity index (χ2v) is 5.14. The third-order valence-corrected chi connectivity index (χ3v) is 4.31. The van der Waals surface area contributed by atoms with Gasteiger partial charge in [-0.2, -0.15) is 11.8 Å². The first kappa shape index (κ1) is 8.53. The number of aliphatic hydroxyl groups is 1. The Morgan fingerprint density at radius 1 is 1.58 bits per heavy atom. The standard InChI is InChI=1S/C8H11NOS2/c10-6-1-3-11-7(5-6)8-9-2-4-12-8/h2,4,6-7,10H,1,3,5H2. The summed E-state index contributed by atoms with van der Waals surface area (Å²) in [6.45, 7) is 0. The van der Waals surface area contributed by atoms with Gasteiger partial charge in [0.1, 0.15) is 5.01 Å². The number of thioether (sulfide) groups is 1. The third kappa shape index (κ3) is 1.81. The zero-order chi connectivity index (χ0) is 8.39. The topological polar surface area (TPSA) is 33.1 Å². The molecule has 0 bridgehead atoms. The van der Waals surface area contributed by atoms with Crippen LogP contribution in [0.5, 0.6) is 0 Å². The molecule has 0 aliphatic carbocycles. The molecule has 1 N–H and O–H groups in total. The maximum absolute atomic E-state index is 9.44. The van der Waals surface area contributed by atoms with E-state index in [-0.39, 0.29) is 6.10 Å². The van der Waals surface area contributed by atoms with Crippen LogP contribution in [0, 0.1) is 0 Å². The molecule has 1 aliphatic rings. The van der Waals surface area contributed by atoms with Crippen LogP contribution in [0.25, 0.3) is 0 Å². The second-order valence-electron chi connectivity index (χ2n) is 2.91. The largest absolute Gasteiger partial charge is 0.393 e. The highest BCUT2D eigenvalue weighted by Crippen LogP contribution is 2.38. The van der Waals surface area contributed by atoms with E-state index in [1.807, 2.05) is 23.3 Å². The van der Waals surface area contributed by atoms with Crippen LogP contribution in [0.1, 0.15) is 23.1 Å². The molecular formula is C8H11NOS2. The Bertz CT molecular complexity index is 237. The lowest BCUT2D eigenvalue weighted by Crippen LogP contribution is -2.17. The molecule has 2 heterocycles. The van der Waals surface area contributed by atoms with Crippen LogP contribution in [-0.4, -0.2) is 21.9 Å². The summed E-state index contributed by atoms with van der Waals surface area (Å²) in [5.74, 6) is 1.06. The van der Waals surface area contributed by atoms with E-state index in [4.69, 9.17) is 0 Å². The summed E-state index contributed by atoms with van der Waals surface area (Å²) in [7, 11) is 0. The van der Waals surface area contributed by atoms with Crippen LogP contribution >= 0.6 is 23.1 Å². The van der Waals surface area contributed by atoms with Crippen molar-refractivity contribution in [2.75, 3.05) is 5.75 Å². The minimum Gasteiger partial charge on any atom is -0.393 e. The molecule has 12 heavy (non-hydrogen) atoms. The van der Waals surface area contributed by atoms with Crippen molar-refractivity contribution in [2.24, 2.45) is 0 Å². The van der Waals surface area contributed by atoms with E-state index in [0.717, 1.165) is 18.6 Å². The van der Waals surface area contributed by atoms with Crippen LogP contribution in [0.3, 0.4) is 0 Å². The predicted octanol–water partition coefficient (Wildman–Crippen LogP) is 2.07. The van der Waals surface area contributed by atoms with Gasteiger partial charge in [-0.05, 0) is 18.6 Å². The lowest BCUT2D eigenvalue weighted by molar-refractivity contribution is 0.157. The van der Waals surface area contributed by atoms with Gasteiger partial charge < -0.3 is 5.11 Å². The van der Waals surface area contributed by atoms with E-state index in [1.54, 1.807) is 11.3 Å². The molecule has 1 aliphatic heterocycles. The van der Waals surface area contributed by atoms with Gasteiger partial charge in [0, 0.05) is 11.6 Å². The summed E-state index contributed by atoms with van der Waals surface area (Å²) < 4.78 is 0. The minimum atomic E-state index is -0.111. The third-order valence-electron chi connectivity index (χ3n) is 1.98. The lowest BCUT2D eigenvalue weighted by atomic mass is 10.1. The second kappa shape index (κ2) is 3.77. The molecule has 0 amide bonds. The normalized spacial score (nSPS) is 30.4. The molecule has 2 atom stereocenters. The Hall–Kier alpha value is -0.0600. The Morgan fingerprint density at radius 3 is 3.17 bits per heavy atom. The van der Waals surface area contributed by atoms with Crippen molar-refractivity contribution in [3.63, 3.8) is 0 Å². The fourth-order valence-electron chi connectivity index (χ4n) is 1.34. The van der Waals surface area contributed by atoms with Crippen LogP contribution in [0.4, 0.5) is 0 Å². The van der Waals surface area contributed by atoms with Gasteiger partial charge in [-0.1, -0.05) is 0 Å². The number of rotatable bonds is 1. The Morgan fingerprint density at radius 2 is 2.50 bits per heavy atom. The highest BCUT2D eigenvalue weighted by atomic mass is 32.2. The molecule has 66 valence electrons. The van der Waals surface area contributed by atoms with E-state index in [2.05, 4.69) is 4.98 Å². The molecule has 1 saturated heterocycles. The zero-order valence-corrected chi connectivity index (χ0v) is 8.27. The summed E-state index contributed by atoms with van der Waals surface area (Å²) in [5.41, 5.74) is 0. The van der Waals surface area contributed by atoms with Crippen molar-refractivity contribution in [3.05, 3.63) is 16.6 Å². The van der Waals surface area contributed by atoms with Crippen molar-refractivity contribution >= 4 is 23.1 Å². The highest BCUT2D eigenvalue weighted by Gasteiger charge is 2.23. The summed E-state index contributed by atoms with van der Waals surface area (Å²) in [6.07, 6.45) is 3.53. The molecule has 0 saturated carbocycles. The first-order valence-electron chi connectivity index (χ1n) is 4.05. The van der Waals surface area contributed by atoms with Gasteiger partial charge in [0.15, 0.2) is 0 Å². The van der Waals surface area contributed by atoms with Crippen LogP contribution in [0.15, 0.2) is 11.6 Å². The number of thiazole rings is 1. The van der Waals surface area contributed by atoms with Gasteiger partial charge in [-0.25, -0.2) is 4.98 Å². The quantitative estimate of drug-likeness (QED) is 0.755. The van der Waals surface area contributed by atoms with E-state index >= 15 is 0 Å². The fraction of sp³-hybridized carbons (Fsp3) is 0.625. The number of hydrogen-bond acceptors (Lipinski definition) is 4. The summed E-state index contributed by atoms with van der Waals surface area (Å²) in [5, 5.41) is 13.0. The van der Waals surface area contributed by atoms with E-state index in [0.29, 0.717) is 5.25 Å². The fourth-order valence-corrected chi connectivity index (χ4v) is 3.60. The SMILES string of the molecule is OC1CCSC(c2nccs2)C1. The average Bonchev–Trinajstić information content (AvgIpc) is 2.56. The molecular weight excluding hydrogens is 190 g/mol. The number of aliphatic hydroxyl groups excluding tert-OH is 1. The van der Waals surface area contributed by atoms with Gasteiger partial charge >= 0.3 is 0 Å². The molecule has 1 aromatic rings. The Kier molecular flexibility index (Phi) is 2.68. The summed E-state index contributed by atoms with van der Waals surface area (Å²) in [6, 6.07) is 0. The van der Waals surface area contributed by atoms with Crippen molar-refractivity contribution in [1.29, 1.82) is 0 Å². The van der Waals surface area contributed by atoms with Gasteiger partial charge in [0.2, 0.25) is 0 Å². The first-order chi connectivity index (χ1) is 5.86.